The highest BCUT2D eigenvalue weighted by atomic mass is 16.3. The predicted octanol–water partition coefficient (Wildman–Crippen LogP) is 4.85. The molecule has 2 aliphatic rings. The maximum atomic E-state index is 9.53. The van der Waals surface area contributed by atoms with Gasteiger partial charge in [-0.3, -0.25) is 0 Å². The topological polar surface area (TPSA) is 20.2 Å². The van der Waals surface area contributed by atoms with Crippen molar-refractivity contribution in [3.63, 3.8) is 0 Å². The lowest BCUT2D eigenvalue weighted by Gasteiger charge is -2.41. The van der Waals surface area contributed by atoms with Crippen LogP contribution in [0, 0.1) is 24.7 Å². The molecular formula is C18H26O. The molecular weight excluding hydrogens is 232 g/mol. The summed E-state index contributed by atoms with van der Waals surface area (Å²) in [6.07, 6.45) is 11.4. The Bertz CT molecular complexity index is 435. The fourth-order valence-corrected chi connectivity index (χ4v) is 4.52. The van der Waals surface area contributed by atoms with Crippen molar-refractivity contribution in [3.8, 4) is 5.75 Å². The van der Waals surface area contributed by atoms with E-state index in [1.807, 2.05) is 12.1 Å². The lowest BCUT2D eigenvalue weighted by molar-refractivity contribution is 0.103. The van der Waals surface area contributed by atoms with Gasteiger partial charge in [0.25, 0.3) is 0 Å². The van der Waals surface area contributed by atoms with Gasteiger partial charge in [-0.15, -0.1) is 0 Å². The van der Waals surface area contributed by atoms with E-state index in [9.17, 15) is 5.11 Å². The van der Waals surface area contributed by atoms with Gasteiger partial charge in [-0.25, -0.2) is 0 Å². The average Bonchev–Trinajstić information content (AvgIpc) is 2.42. The number of aryl methyl sites for hydroxylation is 1. The molecule has 0 radical (unpaired) electrons. The molecule has 1 aromatic carbocycles. The second-order valence-corrected chi connectivity index (χ2v) is 6.71. The first-order chi connectivity index (χ1) is 9.24. The molecule has 0 saturated heterocycles. The van der Waals surface area contributed by atoms with Crippen molar-refractivity contribution in [2.75, 3.05) is 0 Å². The molecule has 3 atom stereocenters. The van der Waals surface area contributed by atoms with Gasteiger partial charge in [0.1, 0.15) is 5.75 Å². The molecule has 0 aliphatic heterocycles. The fraction of sp³-hybridized carbons (Fsp3) is 0.667. The molecule has 2 saturated carbocycles. The molecule has 0 heterocycles. The average molecular weight is 258 g/mol. The monoisotopic (exact) mass is 258 g/mol. The van der Waals surface area contributed by atoms with Gasteiger partial charge >= 0.3 is 0 Å². The molecule has 3 rings (SSSR count). The van der Waals surface area contributed by atoms with Crippen LogP contribution < -0.4 is 0 Å². The van der Waals surface area contributed by atoms with Crippen molar-refractivity contribution in [1.82, 2.24) is 0 Å². The van der Waals surface area contributed by atoms with Crippen LogP contribution in [-0.4, -0.2) is 5.11 Å². The molecule has 0 spiro atoms. The van der Waals surface area contributed by atoms with E-state index < -0.39 is 0 Å². The molecule has 2 aliphatic carbocycles. The number of rotatable bonds is 2. The SMILES string of the molecule is Cc1cc(O)ccc1CC1CCCC2CCCCC21. The highest BCUT2D eigenvalue weighted by molar-refractivity contribution is 5.34. The van der Waals surface area contributed by atoms with Crippen LogP contribution in [0.2, 0.25) is 0 Å². The van der Waals surface area contributed by atoms with Crippen LogP contribution in [0.25, 0.3) is 0 Å². The molecule has 1 N–H and O–H groups in total. The van der Waals surface area contributed by atoms with Crippen LogP contribution in [0.15, 0.2) is 18.2 Å². The Hall–Kier alpha value is -0.980. The van der Waals surface area contributed by atoms with Crippen molar-refractivity contribution in [2.45, 2.75) is 58.3 Å². The zero-order valence-electron chi connectivity index (χ0n) is 12.1. The second kappa shape index (κ2) is 5.56. The van der Waals surface area contributed by atoms with E-state index in [0.717, 1.165) is 17.8 Å². The van der Waals surface area contributed by atoms with E-state index in [-0.39, 0.29) is 0 Å². The summed E-state index contributed by atoms with van der Waals surface area (Å²) in [5.41, 5.74) is 2.71. The number of phenolic OH excluding ortho intramolecular Hbond substituents is 1. The minimum atomic E-state index is 0.403. The number of phenols is 1. The summed E-state index contributed by atoms with van der Waals surface area (Å²) in [6.45, 7) is 2.14. The Morgan fingerprint density at radius 2 is 1.84 bits per heavy atom. The Morgan fingerprint density at radius 3 is 2.68 bits per heavy atom. The molecule has 3 unspecified atom stereocenters. The van der Waals surface area contributed by atoms with Crippen molar-refractivity contribution >= 4 is 0 Å². The maximum Gasteiger partial charge on any atom is 0.115 e. The van der Waals surface area contributed by atoms with E-state index in [1.54, 1.807) is 0 Å². The molecule has 19 heavy (non-hydrogen) atoms. The summed E-state index contributed by atoms with van der Waals surface area (Å²) in [5.74, 6) is 3.29. The first-order valence-electron chi connectivity index (χ1n) is 8.02. The van der Waals surface area contributed by atoms with Gasteiger partial charge in [0.05, 0.1) is 0 Å². The van der Waals surface area contributed by atoms with E-state index in [0.29, 0.717) is 5.75 Å². The van der Waals surface area contributed by atoms with Gasteiger partial charge in [0, 0.05) is 0 Å². The van der Waals surface area contributed by atoms with Crippen molar-refractivity contribution in [1.29, 1.82) is 0 Å². The first kappa shape index (κ1) is 13.0. The highest BCUT2D eigenvalue weighted by Gasteiger charge is 2.34. The molecule has 0 amide bonds. The van der Waals surface area contributed by atoms with Crippen LogP contribution in [0.3, 0.4) is 0 Å². The van der Waals surface area contributed by atoms with Gasteiger partial charge in [0.15, 0.2) is 0 Å². The number of hydrogen-bond acceptors (Lipinski definition) is 1. The smallest absolute Gasteiger partial charge is 0.115 e. The van der Waals surface area contributed by atoms with Gasteiger partial charge < -0.3 is 5.11 Å². The second-order valence-electron chi connectivity index (χ2n) is 6.71. The molecule has 0 bridgehead atoms. The zero-order chi connectivity index (χ0) is 13.2. The lowest BCUT2D eigenvalue weighted by atomic mass is 9.64. The van der Waals surface area contributed by atoms with Crippen LogP contribution >= 0.6 is 0 Å². The number of benzene rings is 1. The molecule has 1 heteroatoms. The van der Waals surface area contributed by atoms with Crippen LogP contribution in [0.1, 0.15) is 56.1 Å². The number of aromatic hydroxyl groups is 1. The third-order valence-corrected chi connectivity index (χ3v) is 5.53. The minimum absolute atomic E-state index is 0.403. The maximum absolute atomic E-state index is 9.53. The normalized spacial score (nSPS) is 30.9. The summed E-state index contributed by atoms with van der Waals surface area (Å²) in [4.78, 5) is 0. The number of hydrogen-bond donors (Lipinski definition) is 1. The van der Waals surface area contributed by atoms with Gasteiger partial charge in [0.2, 0.25) is 0 Å². The predicted molar refractivity (Wildman–Crippen MR) is 79.3 cm³/mol. The molecule has 1 nitrogen and oxygen atoms in total. The Balaban J connectivity index is 1.74. The van der Waals surface area contributed by atoms with Crippen molar-refractivity contribution in [3.05, 3.63) is 29.3 Å². The third kappa shape index (κ3) is 2.80. The summed E-state index contributed by atoms with van der Waals surface area (Å²) >= 11 is 0. The third-order valence-electron chi connectivity index (χ3n) is 5.53. The lowest BCUT2D eigenvalue weighted by Crippen LogP contribution is -2.32. The summed E-state index contributed by atoms with van der Waals surface area (Å²) < 4.78 is 0. The van der Waals surface area contributed by atoms with Crippen LogP contribution in [0.4, 0.5) is 0 Å². The van der Waals surface area contributed by atoms with Gasteiger partial charge in [-0.2, -0.15) is 0 Å². The fourth-order valence-electron chi connectivity index (χ4n) is 4.52. The zero-order valence-corrected chi connectivity index (χ0v) is 12.1. The van der Waals surface area contributed by atoms with Crippen molar-refractivity contribution < 1.29 is 5.11 Å². The minimum Gasteiger partial charge on any atom is -0.508 e. The standard InChI is InChI=1S/C18H26O/c1-13-11-17(19)10-9-15(13)12-16-7-4-6-14-5-2-3-8-18(14)16/h9-11,14,16,18-19H,2-8,12H2,1H3. The summed E-state index contributed by atoms with van der Waals surface area (Å²) in [6, 6.07) is 5.90. The quantitative estimate of drug-likeness (QED) is 0.804. The van der Waals surface area contributed by atoms with Gasteiger partial charge in [-0.1, -0.05) is 38.2 Å². The van der Waals surface area contributed by atoms with E-state index in [2.05, 4.69) is 13.0 Å². The van der Waals surface area contributed by atoms with Crippen LogP contribution in [-0.2, 0) is 6.42 Å². The molecule has 1 aromatic rings. The molecule has 2 fully saturated rings. The Kier molecular flexibility index (Phi) is 3.81. The summed E-state index contributed by atoms with van der Waals surface area (Å²) in [5, 5.41) is 9.53. The van der Waals surface area contributed by atoms with E-state index in [4.69, 9.17) is 0 Å². The number of fused-ring (bicyclic) bond motifs is 1. The van der Waals surface area contributed by atoms with Gasteiger partial charge in [-0.05, 0) is 67.2 Å². The van der Waals surface area contributed by atoms with E-state index >= 15 is 0 Å². The Morgan fingerprint density at radius 1 is 1.05 bits per heavy atom. The first-order valence-corrected chi connectivity index (χ1v) is 8.02. The highest BCUT2D eigenvalue weighted by Crippen LogP contribution is 2.45. The van der Waals surface area contributed by atoms with Crippen molar-refractivity contribution in [2.24, 2.45) is 17.8 Å². The molecule has 0 aromatic heterocycles. The molecule has 104 valence electrons. The van der Waals surface area contributed by atoms with E-state index in [1.165, 1.54) is 62.5 Å². The Labute approximate surface area is 117 Å². The van der Waals surface area contributed by atoms with Crippen LogP contribution in [0.5, 0.6) is 5.75 Å². The summed E-state index contributed by atoms with van der Waals surface area (Å²) in [7, 11) is 0. The largest absolute Gasteiger partial charge is 0.508 e.